The summed E-state index contributed by atoms with van der Waals surface area (Å²) in [5.74, 6) is 3.41. The zero-order valence-corrected chi connectivity index (χ0v) is 29.0. The van der Waals surface area contributed by atoms with Gasteiger partial charge in [-0.05, 0) is 85.5 Å². The molecule has 3 N–H and O–H groups in total. The van der Waals surface area contributed by atoms with Gasteiger partial charge < -0.3 is 44.0 Å². The van der Waals surface area contributed by atoms with Crippen molar-refractivity contribution in [2.45, 2.75) is 39.0 Å². The van der Waals surface area contributed by atoms with Crippen molar-refractivity contribution in [1.29, 1.82) is 0 Å². The second-order valence-corrected chi connectivity index (χ2v) is 12.0. The van der Waals surface area contributed by atoms with E-state index in [1.54, 1.807) is 28.4 Å². The Hall–Kier alpha value is -5.62. The first-order chi connectivity index (χ1) is 24.3. The Labute approximate surface area is 291 Å². The van der Waals surface area contributed by atoms with Crippen LogP contribution in [0.5, 0.6) is 34.5 Å². The van der Waals surface area contributed by atoms with Gasteiger partial charge in [-0.3, -0.25) is 4.79 Å². The van der Waals surface area contributed by atoms with Gasteiger partial charge in [-0.15, -0.1) is 0 Å². The second-order valence-electron chi connectivity index (χ2n) is 12.0. The highest BCUT2D eigenvalue weighted by molar-refractivity contribution is 6.02. The first-order valence-electron chi connectivity index (χ1n) is 16.3. The molecule has 262 valence electrons. The van der Waals surface area contributed by atoms with Gasteiger partial charge in [0.05, 0.1) is 46.3 Å². The Balaban J connectivity index is 0.993. The van der Waals surface area contributed by atoms with Crippen LogP contribution in [0.1, 0.15) is 63.3 Å². The molecule has 4 aromatic carbocycles. The van der Waals surface area contributed by atoms with Crippen LogP contribution in [0.4, 0.5) is 5.69 Å². The summed E-state index contributed by atoms with van der Waals surface area (Å²) in [4.78, 5) is 24.4. The van der Waals surface area contributed by atoms with Crippen LogP contribution < -0.4 is 44.6 Å². The summed E-state index contributed by atoms with van der Waals surface area (Å²) in [6.07, 6.45) is 0.594. The Kier molecular flexibility index (Phi) is 10.5. The Bertz CT molecular complexity index is 1870. The van der Waals surface area contributed by atoms with E-state index in [9.17, 15) is 4.79 Å². The molecule has 2 aliphatic rings. The van der Waals surface area contributed by atoms with Crippen LogP contribution in [0.2, 0.25) is 0 Å². The number of fused-ring (bicyclic) bond motifs is 1. The average Bonchev–Trinajstić information content (AvgIpc) is 3.63. The van der Waals surface area contributed by atoms with Gasteiger partial charge in [0, 0.05) is 24.2 Å². The molecule has 12 heteroatoms. The molecule has 2 aliphatic heterocycles. The van der Waals surface area contributed by atoms with Crippen LogP contribution >= 0.6 is 0 Å². The lowest BCUT2D eigenvalue weighted by Gasteiger charge is -2.28. The van der Waals surface area contributed by atoms with Crippen molar-refractivity contribution >= 4 is 17.3 Å². The molecule has 2 heterocycles. The average molecular weight is 683 g/mol. The van der Waals surface area contributed by atoms with Crippen molar-refractivity contribution < 1.29 is 38.2 Å². The number of hydrogen-bond acceptors (Lipinski definition) is 11. The van der Waals surface area contributed by atoms with Gasteiger partial charge >= 0.3 is 0 Å². The SMILES string of the molecule is COc1ccc(C2CC(c3cc(OC)c(OC)c(OC)c3)=NO2)cc1ONCCCOc1ccc(C2NC(=O)c3cc(C)ccc3N2)cc1C. The molecular formula is C38H42N4O8. The maximum absolute atomic E-state index is 12.7. The third kappa shape index (κ3) is 7.35. The lowest BCUT2D eigenvalue weighted by Crippen LogP contribution is -2.38. The van der Waals surface area contributed by atoms with Gasteiger partial charge in [-0.2, -0.15) is 5.48 Å². The zero-order valence-electron chi connectivity index (χ0n) is 29.0. The fourth-order valence-corrected chi connectivity index (χ4v) is 5.96. The smallest absolute Gasteiger partial charge is 0.255 e. The number of hydrogen-bond donors (Lipinski definition) is 3. The minimum atomic E-state index is -0.321. The predicted octanol–water partition coefficient (Wildman–Crippen LogP) is 6.41. The molecular weight excluding hydrogens is 640 g/mol. The highest BCUT2D eigenvalue weighted by Gasteiger charge is 2.28. The maximum Gasteiger partial charge on any atom is 0.255 e. The van der Waals surface area contributed by atoms with E-state index in [0.29, 0.717) is 60.3 Å². The first-order valence-corrected chi connectivity index (χ1v) is 16.3. The van der Waals surface area contributed by atoms with Crippen molar-refractivity contribution in [3.63, 3.8) is 0 Å². The number of rotatable bonds is 14. The summed E-state index contributed by atoms with van der Waals surface area (Å²) in [6, 6.07) is 21.1. The molecule has 12 nitrogen and oxygen atoms in total. The highest BCUT2D eigenvalue weighted by Crippen LogP contribution is 2.41. The summed E-state index contributed by atoms with van der Waals surface area (Å²) in [7, 11) is 6.32. The van der Waals surface area contributed by atoms with E-state index >= 15 is 0 Å². The van der Waals surface area contributed by atoms with E-state index in [1.807, 2.05) is 80.6 Å². The topological polar surface area (TPSA) is 130 Å². The van der Waals surface area contributed by atoms with Crippen molar-refractivity contribution in [3.05, 3.63) is 100 Å². The van der Waals surface area contributed by atoms with Gasteiger partial charge in [-0.25, -0.2) is 0 Å². The number of anilines is 1. The number of ether oxygens (including phenoxy) is 5. The normalized spacial score (nSPS) is 16.3. The second kappa shape index (κ2) is 15.3. The van der Waals surface area contributed by atoms with Crippen LogP contribution in [-0.2, 0) is 4.84 Å². The van der Waals surface area contributed by atoms with Gasteiger partial charge in [0.1, 0.15) is 11.9 Å². The quantitative estimate of drug-likeness (QED) is 0.101. The number of hydroxylamine groups is 1. The number of amides is 1. The monoisotopic (exact) mass is 682 g/mol. The Morgan fingerprint density at radius 3 is 2.26 bits per heavy atom. The van der Waals surface area contributed by atoms with Gasteiger partial charge in [0.15, 0.2) is 29.1 Å². The molecule has 0 bridgehead atoms. The molecule has 2 atom stereocenters. The summed E-state index contributed by atoms with van der Waals surface area (Å²) in [5, 5.41) is 10.8. The van der Waals surface area contributed by atoms with Gasteiger partial charge in [0.25, 0.3) is 5.91 Å². The van der Waals surface area contributed by atoms with Gasteiger partial charge in [-0.1, -0.05) is 28.9 Å². The number of carbonyl (C=O) groups is 1. The largest absolute Gasteiger partial charge is 0.493 e. The minimum Gasteiger partial charge on any atom is -0.493 e. The van der Waals surface area contributed by atoms with Crippen molar-refractivity contribution in [2.24, 2.45) is 5.16 Å². The number of carbonyl (C=O) groups excluding carboxylic acids is 1. The molecule has 0 radical (unpaired) electrons. The number of benzene rings is 4. The summed E-state index contributed by atoms with van der Waals surface area (Å²) in [5.41, 5.74) is 9.93. The Morgan fingerprint density at radius 1 is 0.800 bits per heavy atom. The molecule has 0 aromatic heterocycles. The van der Waals surface area contributed by atoms with E-state index in [2.05, 4.69) is 21.3 Å². The zero-order chi connectivity index (χ0) is 35.2. The fourth-order valence-electron chi connectivity index (χ4n) is 5.96. The van der Waals surface area contributed by atoms with Crippen LogP contribution in [0.25, 0.3) is 0 Å². The van der Waals surface area contributed by atoms with Gasteiger partial charge in [0.2, 0.25) is 5.75 Å². The molecule has 0 saturated carbocycles. The third-order valence-electron chi connectivity index (χ3n) is 8.62. The van der Waals surface area contributed by atoms with Crippen molar-refractivity contribution in [1.82, 2.24) is 10.8 Å². The fraction of sp³-hybridized carbons (Fsp3) is 0.316. The van der Waals surface area contributed by atoms with Crippen molar-refractivity contribution in [2.75, 3.05) is 46.9 Å². The number of aryl methyl sites for hydroxylation is 2. The number of nitrogens with one attached hydrogen (secondary N) is 3. The van der Waals surface area contributed by atoms with Crippen LogP contribution in [-0.4, -0.2) is 53.2 Å². The molecule has 4 aromatic rings. The molecule has 6 rings (SSSR count). The summed E-state index contributed by atoms with van der Waals surface area (Å²) >= 11 is 0. The number of methoxy groups -OCH3 is 4. The van der Waals surface area contributed by atoms with E-state index in [1.165, 1.54) is 0 Å². The maximum atomic E-state index is 12.7. The first kappa shape index (κ1) is 34.3. The minimum absolute atomic E-state index is 0.0907. The van der Waals surface area contributed by atoms with Crippen LogP contribution in [0.15, 0.2) is 71.9 Å². The van der Waals surface area contributed by atoms with Crippen molar-refractivity contribution in [3.8, 4) is 34.5 Å². The van der Waals surface area contributed by atoms with E-state index in [0.717, 1.165) is 45.0 Å². The summed E-state index contributed by atoms with van der Waals surface area (Å²) in [6.45, 7) is 4.99. The molecule has 0 fully saturated rings. The molecule has 0 spiro atoms. The molecule has 50 heavy (non-hydrogen) atoms. The number of oxime groups is 1. The number of nitrogens with zero attached hydrogens (tertiary/aromatic N) is 1. The van der Waals surface area contributed by atoms with E-state index < -0.39 is 0 Å². The van der Waals surface area contributed by atoms with Crippen LogP contribution in [0.3, 0.4) is 0 Å². The standard InChI is InChI=1S/C38H42N4O8/c1-22-8-11-28-27(16-22)38(43)41-37(40-28)25-10-12-30(23(2)17-25)48-15-7-14-39-49-33-18-24(9-13-31(33)44-3)32-21-29(42-50-32)26-19-34(45-4)36(47-6)35(20-26)46-5/h8-13,16-20,32,37,39-40H,7,14-15,21H2,1-6H3,(H,41,43). The lowest BCUT2D eigenvalue weighted by atomic mass is 9.99. The van der Waals surface area contributed by atoms with Crippen LogP contribution in [0, 0.1) is 13.8 Å². The lowest BCUT2D eigenvalue weighted by molar-refractivity contribution is 0.0851. The van der Waals surface area contributed by atoms with E-state index in [4.69, 9.17) is 33.4 Å². The predicted molar refractivity (Wildman–Crippen MR) is 189 cm³/mol. The van der Waals surface area contributed by atoms with E-state index in [-0.39, 0.29) is 18.2 Å². The summed E-state index contributed by atoms with van der Waals surface area (Å²) < 4.78 is 28.0. The third-order valence-corrected chi connectivity index (χ3v) is 8.62. The Morgan fingerprint density at radius 2 is 1.54 bits per heavy atom. The molecule has 0 saturated heterocycles. The molecule has 0 aliphatic carbocycles. The molecule has 1 amide bonds. The molecule has 2 unspecified atom stereocenters. The highest BCUT2D eigenvalue weighted by atomic mass is 16.7.